The average molecular weight is 343 g/mol. The van der Waals surface area contributed by atoms with E-state index in [0.717, 1.165) is 27.7 Å². The molecule has 0 aliphatic rings. The Balaban J connectivity index is 1.94. The molecule has 0 amide bonds. The highest BCUT2D eigenvalue weighted by Crippen LogP contribution is 2.28. The van der Waals surface area contributed by atoms with E-state index in [4.69, 9.17) is 16.3 Å². The van der Waals surface area contributed by atoms with Gasteiger partial charge in [-0.1, -0.05) is 23.7 Å². The van der Waals surface area contributed by atoms with Crippen LogP contribution in [0.2, 0.25) is 5.02 Å². The van der Waals surface area contributed by atoms with E-state index in [1.54, 1.807) is 25.3 Å². The molecule has 0 spiro atoms. The van der Waals surface area contributed by atoms with Gasteiger partial charge in [-0.05, 0) is 54.6 Å². The number of aromatic amines is 1. The third-order valence-electron chi connectivity index (χ3n) is 4.26. The minimum Gasteiger partial charge on any atom is -0.495 e. The summed E-state index contributed by atoms with van der Waals surface area (Å²) in [6.45, 7) is 4.44. The zero-order chi connectivity index (χ0) is 17.3. The Labute approximate surface area is 145 Å². The van der Waals surface area contributed by atoms with E-state index in [0.29, 0.717) is 22.9 Å². The SMILES string of the molecule is COc1ccc(Cl)cc1NCc1cc2ccc(C)c(C)c2[nH]c1=O. The van der Waals surface area contributed by atoms with Crippen molar-refractivity contribution in [2.75, 3.05) is 12.4 Å². The molecule has 0 aliphatic heterocycles. The van der Waals surface area contributed by atoms with Crippen LogP contribution >= 0.6 is 11.6 Å². The van der Waals surface area contributed by atoms with Crippen LogP contribution in [0.5, 0.6) is 5.75 Å². The molecule has 0 saturated heterocycles. The quantitative estimate of drug-likeness (QED) is 0.738. The van der Waals surface area contributed by atoms with Crippen molar-refractivity contribution in [2.45, 2.75) is 20.4 Å². The Kier molecular flexibility index (Phi) is 4.49. The Bertz CT molecular complexity index is 963. The van der Waals surface area contributed by atoms with Crippen LogP contribution in [0.15, 0.2) is 41.2 Å². The molecule has 4 nitrogen and oxygen atoms in total. The first-order valence-corrected chi connectivity index (χ1v) is 8.07. The molecule has 0 fully saturated rings. The Hall–Kier alpha value is -2.46. The number of ether oxygens (including phenoxy) is 1. The number of aryl methyl sites for hydroxylation is 2. The van der Waals surface area contributed by atoms with Crippen LogP contribution < -0.4 is 15.6 Å². The molecule has 0 radical (unpaired) electrons. The number of halogens is 1. The van der Waals surface area contributed by atoms with Gasteiger partial charge in [0.1, 0.15) is 5.75 Å². The summed E-state index contributed by atoms with van der Waals surface area (Å²) in [5.74, 6) is 0.683. The summed E-state index contributed by atoms with van der Waals surface area (Å²) in [6.07, 6.45) is 0. The molecular weight excluding hydrogens is 324 g/mol. The number of nitrogens with one attached hydrogen (secondary N) is 2. The first kappa shape index (κ1) is 16.4. The van der Waals surface area contributed by atoms with Crippen molar-refractivity contribution in [3.05, 3.63) is 68.5 Å². The van der Waals surface area contributed by atoms with Gasteiger partial charge in [0, 0.05) is 17.1 Å². The molecule has 0 unspecified atom stereocenters. The summed E-state index contributed by atoms with van der Waals surface area (Å²) in [7, 11) is 1.60. The number of pyridine rings is 1. The zero-order valence-electron chi connectivity index (χ0n) is 13.9. The number of anilines is 1. The molecular formula is C19H19ClN2O2. The van der Waals surface area contributed by atoms with E-state index >= 15 is 0 Å². The van der Waals surface area contributed by atoms with E-state index < -0.39 is 0 Å². The predicted molar refractivity (Wildman–Crippen MR) is 99.4 cm³/mol. The summed E-state index contributed by atoms with van der Waals surface area (Å²) in [4.78, 5) is 15.4. The smallest absolute Gasteiger partial charge is 0.253 e. The van der Waals surface area contributed by atoms with Crippen molar-refractivity contribution in [3.8, 4) is 5.75 Å². The number of hydrogen-bond acceptors (Lipinski definition) is 3. The first-order valence-electron chi connectivity index (χ1n) is 7.69. The summed E-state index contributed by atoms with van der Waals surface area (Å²) in [5.41, 5.74) is 4.47. The number of hydrogen-bond donors (Lipinski definition) is 2. The monoisotopic (exact) mass is 342 g/mol. The first-order chi connectivity index (χ1) is 11.5. The molecule has 0 atom stereocenters. The largest absolute Gasteiger partial charge is 0.495 e. The van der Waals surface area contributed by atoms with Gasteiger partial charge in [-0.15, -0.1) is 0 Å². The number of fused-ring (bicyclic) bond motifs is 1. The summed E-state index contributed by atoms with van der Waals surface area (Å²) in [5, 5.41) is 4.85. The summed E-state index contributed by atoms with van der Waals surface area (Å²) < 4.78 is 5.31. The number of aromatic nitrogens is 1. The Morgan fingerprint density at radius 2 is 1.96 bits per heavy atom. The fourth-order valence-electron chi connectivity index (χ4n) is 2.71. The molecule has 24 heavy (non-hydrogen) atoms. The fourth-order valence-corrected chi connectivity index (χ4v) is 2.88. The molecule has 2 N–H and O–H groups in total. The van der Waals surface area contributed by atoms with Crippen molar-refractivity contribution in [1.82, 2.24) is 4.98 Å². The van der Waals surface area contributed by atoms with Crippen LogP contribution in [0, 0.1) is 13.8 Å². The highest BCUT2D eigenvalue weighted by Gasteiger charge is 2.08. The summed E-state index contributed by atoms with van der Waals surface area (Å²) >= 11 is 6.03. The number of methoxy groups -OCH3 is 1. The van der Waals surface area contributed by atoms with Gasteiger partial charge in [0.15, 0.2) is 0 Å². The van der Waals surface area contributed by atoms with Gasteiger partial charge in [0.25, 0.3) is 5.56 Å². The van der Waals surface area contributed by atoms with E-state index in [-0.39, 0.29) is 5.56 Å². The molecule has 3 rings (SSSR count). The zero-order valence-corrected chi connectivity index (χ0v) is 14.6. The second-order valence-corrected chi connectivity index (χ2v) is 6.23. The normalized spacial score (nSPS) is 10.8. The molecule has 1 heterocycles. The molecule has 0 saturated carbocycles. The van der Waals surface area contributed by atoms with Gasteiger partial charge >= 0.3 is 0 Å². The van der Waals surface area contributed by atoms with E-state index in [9.17, 15) is 4.79 Å². The van der Waals surface area contributed by atoms with Gasteiger partial charge in [0.2, 0.25) is 0 Å². The summed E-state index contributed by atoms with van der Waals surface area (Å²) in [6, 6.07) is 11.3. The van der Waals surface area contributed by atoms with Crippen LogP contribution in [0.25, 0.3) is 10.9 Å². The minimum atomic E-state index is -0.0929. The van der Waals surface area contributed by atoms with Gasteiger partial charge in [-0.3, -0.25) is 4.79 Å². The third kappa shape index (κ3) is 3.10. The van der Waals surface area contributed by atoms with Gasteiger partial charge in [-0.2, -0.15) is 0 Å². The lowest BCUT2D eigenvalue weighted by Crippen LogP contribution is -2.16. The standard InChI is InChI=1S/C19H19ClN2O2/c1-11-4-5-13-8-14(19(23)22-18(13)12(11)2)10-21-16-9-15(20)6-7-17(16)24-3/h4-9,21H,10H2,1-3H3,(H,22,23). The van der Waals surface area contributed by atoms with E-state index in [1.165, 1.54) is 0 Å². The molecule has 1 aromatic heterocycles. The fraction of sp³-hybridized carbons (Fsp3) is 0.211. The van der Waals surface area contributed by atoms with E-state index in [2.05, 4.69) is 16.4 Å². The van der Waals surface area contributed by atoms with Crippen LogP contribution in [-0.2, 0) is 6.54 Å². The third-order valence-corrected chi connectivity index (χ3v) is 4.49. The van der Waals surface area contributed by atoms with Crippen LogP contribution in [0.1, 0.15) is 16.7 Å². The van der Waals surface area contributed by atoms with Gasteiger partial charge < -0.3 is 15.0 Å². The lowest BCUT2D eigenvalue weighted by Gasteiger charge is -2.12. The minimum absolute atomic E-state index is 0.0929. The Morgan fingerprint density at radius 1 is 1.17 bits per heavy atom. The second kappa shape index (κ2) is 6.57. The maximum atomic E-state index is 12.4. The van der Waals surface area contributed by atoms with Crippen LogP contribution in [0.4, 0.5) is 5.69 Å². The lowest BCUT2D eigenvalue weighted by molar-refractivity contribution is 0.416. The number of benzene rings is 2. The highest BCUT2D eigenvalue weighted by atomic mass is 35.5. The Morgan fingerprint density at radius 3 is 2.71 bits per heavy atom. The molecule has 3 aromatic rings. The highest BCUT2D eigenvalue weighted by molar-refractivity contribution is 6.30. The molecule has 0 bridgehead atoms. The molecule has 2 aromatic carbocycles. The van der Waals surface area contributed by atoms with Crippen molar-refractivity contribution < 1.29 is 4.74 Å². The predicted octanol–water partition coefficient (Wildman–Crippen LogP) is 4.42. The van der Waals surface area contributed by atoms with Gasteiger partial charge in [0.05, 0.1) is 18.3 Å². The van der Waals surface area contributed by atoms with Gasteiger partial charge in [-0.25, -0.2) is 0 Å². The molecule has 5 heteroatoms. The maximum Gasteiger partial charge on any atom is 0.253 e. The van der Waals surface area contributed by atoms with E-state index in [1.807, 2.05) is 26.0 Å². The number of rotatable bonds is 4. The lowest BCUT2D eigenvalue weighted by atomic mass is 10.0. The van der Waals surface area contributed by atoms with Crippen molar-refractivity contribution in [3.63, 3.8) is 0 Å². The maximum absolute atomic E-state index is 12.4. The van der Waals surface area contributed by atoms with Crippen molar-refractivity contribution in [2.24, 2.45) is 0 Å². The van der Waals surface area contributed by atoms with Crippen LogP contribution in [0.3, 0.4) is 0 Å². The molecule has 0 aliphatic carbocycles. The molecule has 124 valence electrons. The average Bonchev–Trinajstić information content (AvgIpc) is 2.57. The van der Waals surface area contributed by atoms with Crippen LogP contribution in [-0.4, -0.2) is 12.1 Å². The van der Waals surface area contributed by atoms with Crippen molar-refractivity contribution in [1.29, 1.82) is 0 Å². The number of H-pyrrole nitrogens is 1. The topological polar surface area (TPSA) is 54.1 Å². The second-order valence-electron chi connectivity index (χ2n) is 5.79. The van der Waals surface area contributed by atoms with Crippen molar-refractivity contribution >= 4 is 28.2 Å².